The number of hydrogen-bond donors (Lipinski definition) is 0. The van der Waals surface area contributed by atoms with Crippen molar-refractivity contribution in [3.8, 4) is 0 Å². The Balaban J connectivity index is 0.000000144. The lowest BCUT2D eigenvalue weighted by atomic mass is 9.54. The molecule has 0 aromatic heterocycles. The summed E-state index contributed by atoms with van der Waals surface area (Å²) >= 11 is 0. The van der Waals surface area contributed by atoms with Crippen molar-refractivity contribution < 1.29 is 9.53 Å². The Bertz CT molecular complexity index is 553. The Morgan fingerprint density at radius 1 is 1.04 bits per heavy atom. The number of fused-ring (bicyclic) bond motifs is 2. The van der Waals surface area contributed by atoms with E-state index in [4.69, 9.17) is 4.74 Å². The minimum Gasteiger partial charge on any atom is -0.456 e. The summed E-state index contributed by atoms with van der Waals surface area (Å²) in [6.07, 6.45) is 14.3. The van der Waals surface area contributed by atoms with E-state index in [2.05, 4.69) is 33.8 Å². The molecule has 6 rings (SSSR count). The highest BCUT2D eigenvalue weighted by molar-refractivity contribution is 5.87. The molecule has 2 heteroatoms. The van der Waals surface area contributed by atoms with Crippen molar-refractivity contribution in [2.24, 2.45) is 34.5 Å². The molecule has 2 atom stereocenters. The van der Waals surface area contributed by atoms with Crippen LogP contribution in [0.1, 0.15) is 85.5 Å². The number of hydrogen-bond acceptors (Lipinski definition) is 2. The van der Waals surface area contributed by atoms with Gasteiger partial charge in [-0.05, 0) is 106 Å². The van der Waals surface area contributed by atoms with Gasteiger partial charge in [0.15, 0.2) is 0 Å². The third-order valence-corrected chi connectivity index (χ3v) is 9.00. The second kappa shape index (κ2) is 6.11. The number of ether oxygens (including phenoxy) is 1. The lowest BCUT2D eigenvalue weighted by Crippen LogP contribution is -2.52. The lowest BCUT2D eigenvalue weighted by molar-refractivity contribution is -0.182. The van der Waals surface area contributed by atoms with Gasteiger partial charge in [0, 0.05) is 5.57 Å². The second-order valence-corrected chi connectivity index (χ2v) is 11.1. The van der Waals surface area contributed by atoms with Crippen molar-refractivity contribution in [2.75, 3.05) is 0 Å². The fourth-order valence-corrected chi connectivity index (χ4v) is 7.24. The average molecular weight is 358 g/mol. The van der Waals surface area contributed by atoms with Crippen molar-refractivity contribution in [3.63, 3.8) is 0 Å². The molecular formula is C24H37O2. The van der Waals surface area contributed by atoms with Crippen molar-refractivity contribution in [1.29, 1.82) is 0 Å². The van der Waals surface area contributed by atoms with Crippen LogP contribution < -0.4 is 0 Å². The van der Waals surface area contributed by atoms with E-state index in [-0.39, 0.29) is 11.6 Å². The van der Waals surface area contributed by atoms with Gasteiger partial charge in [-0.3, -0.25) is 0 Å². The average Bonchev–Trinajstić information content (AvgIpc) is 2.88. The zero-order valence-corrected chi connectivity index (χ0v) is 17.3. The third kappa shape index (κ3) is 2.96. The van der Waals surface area contributed by atoms with Gasteiger partial charge >= 0.3 is 5.97 Å². The summed E-state index contributed by atoms with van der Waals surface area (Å²) in [6, 6.07) is 0. The van der Waals surface area contributed by atoms with E-state index >= 15 is 0 Å². The van der Waals surface area contributed by atoms with Crippen LogP contribution in [0.3, 0.4) is 0 Å². The number of esters is 1. The third-order valence-electron chi connectivity index (χ3n) is 9.00. The summed E-state index contributed by atoms with van der Waals surface area (Å²) in [6.45, 7) is 12.7. The zero-order valence-electron chi connectivity index (χ0n) is 17.3. The second-order valence-electron chi connectivity index (χ2n) is 11.1. The smallest absolute Gasteiger partial charge is 0.333 e. The summed E-state index contributed by atoms with van der Waals surface area (Å²) in [5.74, 6) is 3.29. The molecule has 0 N–H and O–H groups in total. The Hall–Kier alpha value is -0.790. The normalized spacial score (nSPS) is 46.6. The predicted molar refractivity (Wildman–Crippen MR) is 105 cm³/mol. The first-order chi connectivity index (χ1) is 12.1. The largest absolute Gasteiger partial charge is 0.456 e. The highest BCUT2D eigenvalue weighted by atomic mass is 16.6. The van der Waals surface area contributed by atoms with Crippen molar-refractivity contribution in [3.05, 3.63) is 18.6 Å². The van der Waals surface area contributed by atoms with Gasteiger partial charge in [-0.1, -0.05) is 27.4 Å². The molecular weight excluding hydrogens is 320 g/mol. The Morgan fingerprint density at radius 2 is 1.58 bits per heavy atom. The van der Waals surface area contributed by atoms with E-state index in [1.54, 1.807) is 6.92 Å². The van der Waals surface area contributed by atoms with Gasteiger partial charge in [0.25, 0.3) is 0 Å². The molecule has 6 aliphatic rings. The molecule has 26 heavy (non-hydrogen) atoms. The van der Waals surface area contributed by atoms with Crippen molar-refractivity contribution >= 4 is 5.97 Å². The highest BCUT2D eigenvalue weighted by Crippen LogP contribution is 2.64. The molecule has 0 heterocycles. The van der Waals surface area contributed by atoms with Gasteiger partial charge in [-0.25, -0.2) is 4.79 Å². The van der Waals surface area contributed by atoms with Gasteiger partial charge in [0.05, 0.1) is 0 Å². The Morgan fingerprint density at radius 3 is 1.85 bits per heavy atom. The standard InChI is InChI=1S/C14H20O2.C10H17/c1-9(2)13(15)16-14-6-10-3-11(7-14)5-12(4-10)8-14;1-9(2)8-4-6-10(9,3)7-5-8/h10-12H,1,3-8H2,2H3;6,8H,4-5,7H2,1-3H3/t;8-,10-/m.0/s1. The molecule has 6 aliphatic carbocycles. The maximum absolute atomic E-state index is 11.7. The monoisotopic (exact) mass is 357 g/mol. The van der Waals surface area contributed by atoms with Gasteiger partial charge in [0.1, 0.15) is 5.60 Å². The predicted octanol–water partition coefficient (Wildman–Crippen LogP) is 6.11. The number of rotatable bonds is 2. The summed E-state index contributed by atoms with van der Waals surface area (Å²) in [5, 5.41) is 0. The van der Waals surface area contributed by atoms with Crippen LogP contribution in [0, 0.1) is 40.9 Å². The van der Waals surface area contributed by atoms with Crippen LogP contribution in [-0.4, -0.2) is 11.6 Å². The van der Waals surface area contributed by atoms with E-state index in [1.807, 2.05) is 0 Å². The van der Waals surface area contributed by atoms with Crippen LogP contribution in [0.5, 0.6) is 0 Å². The van der Waals surface area contributed by atoms with E-state index in [0.29, 0.717) is 16.4 Å². The van der Waals surface area contributed by atoms with Gasteiger partial charge < -0.3 is 4.74 Å². The molecule has 6 bridgehead atoms. The molecule has 0 saturated heterocycles. The molecule has 6 saturated carbocycles. The minimum atomic E-state index is -0.179. The first-order valence-electron chi connectivity index (χ1n) is 10.9. The van der Waals surface area contributed by atoms with Crippen molar-refractivity contribution in [2.45, 2.75) is 91.1 Å². The maximum Gasteiger partial charge on any atom is 0.333 e. The first-order valence-corrected chi connectivity index (χ1v) is 10.9. The van der Waals surface area contributed by atoms with E-state index in [1.165, 1.54) is 38.5 Å². The first kappa shape index (κ1) is 18.6. The SMILES string of the molecule is C=C(C)C(=O)OC12CC3CC(CC(C3)C1)C2.CC1(C)[C@H]2C[CH][C@@]1(C)CC2. The van der Waals surface area contributed by atoms with Crippen LogP contribution in [-0.2, 0) is 9.53 Å². The molecule has 0 amide bonds. The van der Waals surface area contributed by atoms with Gasteiger partial charge in [-0.2, -0.15) is 0 Å². The molecule has 0 spiro atoms. The molecule has 2 nitrogen and oxygen atoms in total. The number of carbonyl (C=O) groups excluding carboxylic acids is 1. The lowest BCUT2D eigenvalue weighted by Gasteiger charge is -2.55. The molecule has 0 aromatic rings. The summed E-state index contributed by atoms with van der Waals surface area (Å²) < 4.78 is 5.77. The Kier molecular flexibility index (Phi) is 4.36. The molecule has 0 aliphatic heterocycles. The van der Waals surface area contributed by atoms with E-state index in [9.17, 15) is 4.79 Å². The fourth-order valence-electron chi connectivity index (χ4n) is 7.24. The van der Waals surface area contributed by atoms with Gasteiger partial charge in [-0.15, -0.1) is 0 Å². The van der Waals surface area contributed by atoms with E-state index in [0.717, 1.165) is 42.9 Å². The summed E-state index contributed by atoms with van der Waals surface area (Å²) in [7, 11) is 0. The highest BCUT2D eigenvalue weighted by Gasteiger charge is 2.56. The number of carbonyl (C=O) groups is 1. The van der Waals surface area contributed by atoms with E-state index < -0.39 is 0 Å². The summed E-state index contributed by atoms with van der Waals surface area (Å²) in [4.78, 5) is 11.7. The molecule has 1 radical (unpaired) electrons. The maximum atomic E-state index is 11.7. The molecule has 6 fully saturated rings. The van der Waals surface area contributed by atoms with Crippen LogP contribution >= 0.6 is 0 Å². The Labute approximate surface area is 160 Å². The topological polar surface area (TPSA) is 26.3 Å². The minimum absolute atomic E-state index is 0.106. The summed E-state index contributed by atoms with van der Waals surface area (Å²) in [5.41, 5.74) is 1.62. The van der Waals surface area contributed by atoms with Crippen LogP contribution in [0.4, 0.5) is 0 Å². The zero-order chi connectivity index (χ0) is 18.7. The molecule has 0 aromatic carbocycles. The van der Waals surface area contributed by atoms with Crippen molar-refractivity contribution in [1.82, 2.24) is 0 Å². The quantitative estimate of drug-likeness (QED) is 0.440. The van der Waals surface area contributed by atoms with Gasteiger partial charge in [0.2, 0.25) is 0 Å². The molecule has 0 unspecified atom stereocenters. The van der Waals surface area contributed by atoms with Crippen LogP contribution in [0.25, 0.3) is 0 Å². The van der Waals surface area contributed by atoms with Crippen LogP contribution in [0.15, 0.2) is 12.2 Å². The molecule has 145 valence electrons. The van der Waals surface area contributed by atoms with Crippen LogP contribution in [0.2, 0.25) is 0 Å². The fraction of sp³-hybridized carbons (Fsp3) is 0.833.